The Morgan fingerprint density at radius 3 is 2.58 bits per heavy atom. The number of hydrogen-bond acceptors (Lipinski definition) is 4. The Morgan fingerprint density at radius 1 is 1.15 bits per heavy atom. The Bertz CT molecular complexity index is 1470. The monoisotopic (exact) mass is 449 g/mol. The molecule has 2 heterocycles. The lowest BCUT2D eigenvalue weighted by Crippen LogP contribution is -2.30. The molecule has 168 valence electrons. The van der Waals surface area contributed by atoms with E-state index in [1.165, 1.54) is 34.9 Å². The summed E-state index contributed by atoms with van der Waals surface area (Å²) in [5, 5.41) is 6.70. The second-order valence-corrected chi connectivity index (χ2v) is 8.33. The van der Waals surface area contributed by atoms with E-state index in [0.29, 0.717) is 22.6 Å². The molecule has 8 heteroatoms. The van der Waals surface area contributed by atoms with Crippen LogP contribution in [0.1, 0.15) is 51.7 Å². The normalized spacial score (nSPS) is 13.5. The van der Waals surface area contributed by atoms with E-state index >= 15 is 0 Å². The van der Waals surface area contributed by atoms with Crippen molar-refractivity contribution in [2.75, 3.05) is 0 Å². The third-order valence-electron chi connectivity index (χ3n) is 6.04. The van der Waals surface area contributed by atoms with Crippen molar-refractivity contribution in [3.05, 3.63) is 92.6 Å². The number of aromatic nitrogens is 2. The lowest BCUT2D eigenvalue weighted by atomic mass is 10.0. The highest BCUT2D eigenvalue weighted by atomic mass is 19.1. The first-order valence-electron chi connectivity index (χ1n) is 10.7. The highest BCUT2D eigenvalue weighted by Crippen LogP contribution is 2.43. The maximum Gasteiger partial charge on any atom is 0.267 e. The topological polar surface area (TPSA) is 77.1 Å². The molecule has 1 aliphatic rings. The van der Waals surface area contributed by atoms with Gasteiger partial charge in [-0.05, 0) is 55.9 Å². The Balaban J connectivity index is 1.61. The molecule has 2 aromatic carbocycles. The van der Waals surface area contributed by atoms with Gasteiger partial charge in [0.05, 0.1) is 10.9 Å². The van der Waals surface area contributed by atoms with Crippen LogP contribution in [-0.2, 0) is 6.54 Å². The summed E-state index contributed by atoms with van der Waals surface area (Å²) in [6.45, 7) is 3.38. The third-order valence-corrected chi connectivity index (χ3v) is 6.04. The predicted octanol–water partition coefficient (Wildman–Crippen LogP) is 4.68. The molecule has 0 bridgehead atoms. The van der Waals surface area contributed by atoms with Gasteiger partial charge in [0.15, 0.2) is 5.82 Å². The molecular weight excluding hydrogens is 428 g/mol. The number of fused-ring (bicyclic) bond motifs is 1. The summed E-state index contributed by atoms with van der Waals surface area (Å²) in [4.78, 5) is 26.5. The van der Waals surface area contributed by atoms with Gasteiger partial charge < -0.3 is 9.84 Å². The molecule has 1 fully saturated rings. The second kappa shape index (κ2) is 7.95. The summed E-state index contributed by atoms with van der Waals surface area (Å²) < 4.78 is 35.4. The van der Waals surface area contributed by atoms with Crippen LogP contribution >= 0.6 is 0 Å². The minimum atomic E-state index is -0.735. The van der Waals surface area contributed by atoms with Crippen LogP contribution < -0.4 is 10.9 Å². The van der Waals surface area contributed by atoms with E-state index in [4.69, 9.17) is 4.52 Å². The average Bonchev–Trinajstić information content (AvgIpc) is 3.52. The first kappa shape index (κ1) is 21.1. The van der Waals surface area contributed by atoms with Gasteiger partial charge in [0.2, 0.25) is 0 Å². The van der Waals surface area contributed by atoms with Crippen molar-refractivity contribution in [3.63, 3.8) is 0 Å². The average molecular weight is 449 g/mol. The SMILES string of the molecule is Cc1cc(-n2c(C)c(C(=O)NCc3cccc(F)c3C3CC3)c3cccc(F)c3c2=O)no1. The van der Waals surface area contributed by atoms with Gasteiger partial charge >= 0.3 is 0 Å². The molecule has 0 aliphatic heterocycles. The van der Waals surface area contributed by atoms with Crippen LogP contribution in [-0.4, -0.2) is 15.6 Å². The number of carbonyl (C=O) groups is 1. The van der Waals surface area contributed by atoms with Crippen molar-refractivity contribution in [2.24, 2.45) is 0 Å². The molecule has 0 radical (unpaired) electrons. The van der Waals surface area contributed by atoms with E-state index in [2.05, 4.69) is 10.5 Å². The van der Waals surface area contributed by atoms with Crippen LogP contribution in [0.4, 0.5) is 8.78 Å². The van der Waals surface area contributed by atoms with Crippen LogP contribution in [0.5, 0.6) is 0 Å². The van der Waals surface area contributed by atoms with Gasteiger partial charge in [0.1, 0.15) is 17.4 Å². The van der Waals surface area contributed by atoms with Crippen molar-refractivity contribution in [2.45, 2.75) is 39.2 Å². The Kier molecular flexibility index (Phi) is 5.08. The van der Waals surface area contributed by atoms with Crippen molar-refractivity contribution in [1.82, 2.24) is 15.0 Å². The smallest absolute Gasteiger partial charge is 0.267 e. The van der Waals surface area contributed by atoms with E-state index in [-0.39, 0.29) is 40.4 Å². The summed E-state index contributed by atoms with van der Waals surface area (Å²) in [6.07, 6.45) is 1.85. The molecular formula is C25H21F2N3O3. The maximum absolute atomic E-state index is 14.7. The molecule has 0 spiro atoms. The molecule has 0 unspecified atom stereocenters. The van der Waals surface area contributed by atoms with Gasteiger partial charge in [-0.25, -0.2) is 8.78 Å². The highest BCUT2D eigenvalue weighted by Gasteiger charge is 2.29. The van der Waals surface area contributed by atoms with E-state index in [1.54, 1.807) is 26.0 Å². The fourth-order valence-electron chi connectivity index (χ4n) is 4.37. The zero-order valence-corrected chi connectivity index (χ0v) is 18.1. The fourth-order valence-corrected chi connectivity index (χ4v) is 4.37. The molecule has 6 nitrogen and oxygen atoms in total. The standard InChI is InChI=1S/C25H21F2N3O3/c1-13-11-20(29-33-13)30-14(2)21(17-6-4-8-19(27)23(17)25(30)32)24(31)28-12-16-5-3-7-18(26)22(16)15-9-10-15/h3-8,11,15H,9-10,12H2,1-2H3,(H,28,31). The van der Waals surface area contributed by atoms with Gasteiger partial charge in [-0.1, -0.05) is 29.4 Å². The first-order chi connectivity index (χ1) is 15.9. The minimum absolute atomic E-state index is 0.112. The maximum atomic E-state index is 14.7. The zero-order chi connectivity index (χ0) is 23.3. The number of halogens is 2. The Labute approximate surface area is 187 Å². The quantitative estimate of drug-likeness (QED) is 0.480. The van der Waals surface area contributed by atoms with E-state index < -0.39 is 17.3 Å². The van der Waals surface area contributed by atoms with Crippen molar-refractivity contribution in [1.29, 1.82) is 0 Å². The van der Waals surface area contributed by atoms with Crippen LogP contribution in [0.15, 0.2) is 51.8 Å². The summed E-state index contributed by atoms with van der Waals surface area (Å²) >= 11 is 0. The molecule has 1 N–H and O–H groups in total. The number of nitrogens with zero attached hydrogens (tertiary/aromatic N) is 2. The van der Waals surface area contributed by atoms with Gasteiger partial charge in [-0.2, -0.15) is 0 Å². The van der Waals surface area contributed by atoms with Crippen molar-refractivity contribution in [3.8, 4) is 5.82 Å². The molecule has 33 heavy (non-hydrogen) atoms. The van der Waals surface area contributed by atoms with Crippen LogP contribution in [0.25, 0.3) is 16.6 Å². The molecule has 5 rings (SSSR count). The number of amides is 1. The summed E-state index contributed by atoms with van der Waals surface area (Å²) in [5.74, 6) is -0.704. The Morgan fingerprint density at radius 2 is 1.88 bits per heavy atom. The predicted molar refractivity (Wildman–Crippen MR) is 119 cm³/mol. The Hall–Kier alpha value is -3.81. The summed E-state index contributed by atoms with van der Waals surface area (Å²) in [7, 11) is 0. The van der Waals surface area contributed by atoms with Crippen LogP contribution in [0.2, 0.25) is 0 Å². The molecule has 1 amide bonds. The van der Waals surface area contributed by atoms with E-state index in [9.17, 15) is 18.4 Å². The number of nitrogens with one attached hydrogen (secondary N) is 1. The number of aryl methyl sites for hydroxylation is 1. The molecule has 4 aromatic rings. The minimum Gasteiger partial charge on any atom is -0.360 e. The number of benzene rings is 2. The third kappa shape index (κ3) is 3.61. The molecule has 0 atom stereocenters. The largest absolute Gasteiger partial charge is 0.360 e. The zero-order valence-electron chi connectivity index (χ0n) is 18.1. The van der Waals surface area contributed by atoms with Gasteiger partial charge in [0.25, 0.3) is 11.5 Å². The number of rotatable bonds is 5. The summed E-state index contributed by atoms with van der Waals surface area (Å²) in [6, 6.07) is 10.5. The summed E-state index contributed by atoms with van der Waals surface area (Å²) in [5.41, 5.74) is 1.15. The van der Waals surface area contributed by atoms with E-state index in [0.717, 1.165) is 12.8 Å². The number of carbonyl (C=O) groups excluding carboxylic acids is 1. The lowest BCUT2D eigenvalue weighted by Gasteiger charge is -2.16. The second-order valence-electron chi connectivity index (χ2n) is 8.33. The van der Waals surface area contributed by atoms with Crippen molar-refractivity contribution < 1.29 is 18.1 Å². The van der Waals surface area contributed by atoms with Gasteiger partial charge in [-0.15, -0.1) is 0 Å². The van der Waals surface area contributed by atoms with Crippen LogP contribution in [0.3, 0.4) is 0 Å². The molecule has 0 saturated heterocycles. The van der Waals surface area contributed by atoms with Crippen molar-refractivity contribution >= 4 is 16.7 Å². The highest BCUT2D eigenvalue weighted by molar-refractivity contribution is 6.08. The van der Waals surface area contributed by atoms with Gasteiger partial charge in [0, 0.05) is 23.7 Å². The molecule has 1 aliphatic carbocycles. The number of hydrogen-bond donors (Lipinski definition) is 1. The van der Waals surface area contributed by atoms with Crippen LogP contribution in [0, 0.1) is 25.5 Å². The van der Waals surface area contributed by atoms with Gasteiger partial charge in [-0.3, -0.25) is 14.2 Å². The fraction of sp³-hybridized carbons (Fsp3) is 0.240. The number of pyridine rings is 1. The first-order valence-corrected chi connectivity index (χ1v) is 10.7. The lowest BCUT2D eigenvalue weighted by molar-refractivity contribution is 0.0951. The molecule has 1 saturated carbocycles. The van der Waals surface area contributed by atoms with E-state index in [1.807, 2.05) is 0 Å². The molecule has 2 aromatic heterocycles.